The van der Waals surface area contributed by atoms with E-state index in [9.17, 15) is 33.6 Å². The average molecular weight is 869 g/mol. The quantitative estimate of drug-likeness (QED) is 0.0892. The Labute approximate surface area is 334 Å². The Kier molecular flexibility index (Phi) is 17.6. The van der Waals surface area contributed by atoms with Crippen molar-refractivity contribution >= 4 is 111 Å². The smallest absolute Gasteiger partial charge is 0.417 e. The number of hydrogen-bond acceptors (Lipinski definition) is 10. The molecule has 3 aromatic carbocycles. The van der Waals surface area contributed by atoms with Gasteiger partial charge in [-0.1, -0.05) is 99.9 Å². The molecule has 4 rings (SSSR count). The minimum Gasteiger partial charge on any atom is -0.495 e. The van der Waals surface area contributed by atoms with Crippen LogP contribution >= 0.6 is 69.6 Å². The minimum absolute atomic E-state index is 0.00971. The van der Waals surface area contributed by atoms with Crippen molar-refractivity contribution in [2.24, 2.45) is 0 Å². The number of carboxylic acids is 3. The molecule has 1 aliphatic heterocycles. The maximum absolute atomic E-state index is 12.0. The SMILES string of the molecule is COc1cc(Cl)c(C(=O)O)cc1Cl.N#CCC(=O)NNC(=O)c1c(Cl)c(Cl)c(Cl)c(Cl)c1C(=O)O.O=C(O)[C@H]1CCC(=O)N1C(=O)OCc1ccccc1. The summed E-state index contributed by atoms with van der Waals surface area (Å²) in [6.07, 6.45) is -1.23. The summed E-state index contributed by atoms with van der Waals surface area (Å²) in [7, 11) is 1.43. The number of imide groups is 1. The van der Waals surface area contributed by atoms with E-state index in [2.05, 4.69) is 0 Å². The summed E-state index contributed by atoms with van der Waals surface area (Å²) >= 11 is 34.4. The van der Waals surface area contributed by atoms with Crippen molar-refractivity contribution in [2.75, 3.05) is 7.11 Å². The highest BCUT2D eigenvalue weighted by atomic mass is 35.5. The molecule has 22 heteroatoms. The highest BCUT2D eigenvalue weighted by Gasteiger charge is 2.41. The predicted molar refractivity (Wildman–Crippen MR) is 193 cm³/mol. The van der Waals surface area contributed by atoms with Gasteiger partial charge >= 0.3 is 24.0 Å². The lowest BCUT2D eigenvalue weighted by atomic mass is 10.1. The van der Waals surface area contributed by atoms with Gasteiger partial charge in [0.15, 0.2) is 0 Å². The van der Waals surface area contributed by atoms with E-state index in [1.165, 1.54) is 19.2 Å². The van der Waals surface area contributed by atoms with Crippen LogP contribution < -0.4 is 15.6 Å². The maximum atomic E-state index is 12.0. The molecule has 0 bridgehead atoms. The van der Waals surface area contributed by atoms with Crippen LogP contribution in [0.25, 0.3) is 0 Å². The molecule has 0 radical (unpaired) electrons. The Morgan fingerprint density at radius 1 is 0.852 bits per heavy atom. The van der Waals surface area contributed by atoms with Crippen LogP contribution in [0.1, 0.15) is 55.9 Å². The summed E-state index contributed by atoms with van der Waals surface area (Å²) in [6, 6.07) is 12.0. The second-order valence-corrected chi connectivity index (χ2v) is 12.4. The molecule has 4 amide bonds. The molecular weight excluding hydrogens is 845 g/mol. The Balaban J connectivity index is 0.000000289. The zero-order valence-corrected chi connectivity index (χ0v) is 31.7. The van der Waals surface area contributed by atoms with E-state index in [0.717, 1.165) is 5.56 Å². The van der Waals surface area contributed by atoms with E-state index in [-0.39, 0.29) is 45.1 Å². The first kappa shape index (κ1) is 45.1. The summed E-state index contributed by atoms with van der Waals surface area (Å²) in [5.41, 5.74) is 3.28. The number of aliphatic carboxylic acids is 1. The number of carbonyl (C=O) groups is 7. The maximum Gasteiger partial charge on any atom is 0.417 e. The van der Waals surface area contributed by atoms with Crippen LogP contribution in [0, 0.1) is 11.3 Å². The second-order valence-electron chi connectivity index (χ2n) is 10.1. The lowest BCUT2D eigenvalue weighted by molar-refractivity contribution is -0.145. The summed E-state index contributed by atoms with van der Waals surface area (Å²) in [5, 5.41) is 33.8. The molecule has 0 aromatic heterocycles. The summed E-state index contributed by atoms with van der Waals surface area (Å²) in [5.74, 6) is -5.93. The molecular formula is C32H24Cl6N4O12. The number of methoxy groups -OCH3 is 1. The zero-order chi connectivity index (χ0) is 40.9. The van der Waals surface area contributed by atoms with Gasteiger partial charge in [0.05, 0.1) is 60.0 Å². The predicted octanol–water partition coefficient (Wildman–Crippen LogP) is 6.77. The largest absolute Gasteiger partial charge is 0.495 e. The van der Waals surface area contributed by atoms with Gasteiger partial charge in [-0.3, -0.25) is 25.2 Å². The van der Waals surface area contributed by atoms with Crippen LogP contribution in [-0.2, 0) is 25.7 Å². The number of nitrogens with zero attached hydrogens (tertiary/aromatic N) is 2. The molecule has 1 fully saturated rings. The van der Waals surface area contributed by atoms with Gasteiger partial charge in [-0.25, -0.2) is 24.1 Å². The fourth-order valence-corrected chi connectivity index (χ4v) is 5.63. The van der Waals surface area contributed by atoms with Gasteiger partial charge in [-0.05, 0) is 18.1 Å². The summed E-state index contributed by atoms with van der Waals surface area (Å²) < 4.78 is 9.82. The molecule has 54 heavy (non-hydrogen) atoms. The van der Waals surface area contributed by atoms with Crippen molar-refractivity contribution in [3.05, 3.63) is 94.9 Å². The Morgan fingerprint density at radius 2 is 1.44 bits per heavy atom. The van der Waals surface area contributed by atoms with Gasteiger partial charge in [0, 0.05) is 12.5 Å². The van der Waals surface area contributed by atoms with Crippen molar-refractivity contribution in [1.29, 1.82) is 5.26 Å². The number of benzene rings is 3. The number of ether oxygens (including phenoxy) is 2. The number of aromatic carboxylic acids is 2. The van der Waals surface area contributed by atoms with E-state index >= 15 is 0 Å². The van der Waals surface area contributed by atoms with Crippen LogP contribution in [0.3, 0.4) is 0 Å². The first-order valence-corrected chi connectivity index (χ1v) is 16.7. The number of nitrogens with one attached hydrogen (secondary N) is 2. The third kappa shape index (κ3) is 12.0. The molecule has 1 aliphatic rings. The van der Waals surface area contributed by atoms with Crippen LogP contribution in [0.5, 0.6) is 5.75 Å². The lowest BCUT2D eigenvalue weighted by Crippen LogP contribution is -2.43. The van der Waals surface area contributed by atoms with Crippen LogP contribution in [0.4, 0.5) is 4.79 Å². The molecule has 1 saturated heterocycles. The van der Waals surface area contributed by atoms with Gasteiger partial charge < -0.3 is 24.8 Å². The molecule has 1 atom stereocenters. The fraction of sp³-hybridized carbons (Fsp3) is 0.188. The normalized spacial score (nSPS) is 12.8. The number of amides is 4. The molecule has 3 aromatic rings. The van der Waals surface area contributed by atoms with Crippen molar-refractivity contribution in [1.82, 2.24) is 15.8 Å². The highest BCUT2D eigenvalue weighted by molar-refractivity contribution is 6.54. The van der Waals surface area contributed by atoms with Crippen LogP contribution in [0.15, 0.2) is 42.5 Å². The van der Waals surface area contributed by atoms with Gasteiger partial charge in [-0.2, -0.15) is 5.26 Å². The number of halogens is 6. The number of likely N-dealkylation sites (tertiary alicyclic amines) is 1. The third-order valence-electron chi connectivity index (χ3n) is 6.63. The van der Waals surface area contributed by atoms with Gasteiger partial charge in [0.1, 0.15) is 24.8 Å². The number of hydrazine groups is 1. The number of rotatable bonds is 8. The summed E-state index contributed by atoms with van der Waals surface area (Å²) in [4.78, 5) is 79.8. The van der Waals surface area contributed by atoms with Crippen LogP contribution in [0.2, 0.25) is 30.1 Å². The monoisotopic (exact) mass is 866 g/mol. The lowest BCUT2D eigenvalue weighted by Gasteiger charge is -2.18. The molecule has 286 valence electrons. The van der Waals surface area contributed by atoms with E-state index in [0.29, 0.717) is 10.6 Å². The molecule has 5 N–H and O–H groups in total. The van der Waals surface area contributed by atoms with Crippen molar-refractivity contribution in [3.8, 4) is 11.8 Å². The first-order chi connectivity index (χ1) is 25.4. The number of carboxylic acid groups (broad SMARTS) is 3. The van der Waals surface area contributed by atoms with E-state index in [4.69, 9.17) is 99.7 Å². The van der Waals surface area contributed by atoms with Gasteiger partial charge in [-0.15, -0.1) is 0 Å². The molecule has 0 spiro atoms. The second kappa shape index (κ2) is 21.0. The van der Waals surface area contributed by atoms with Crippen LogP contribution in [-0.4, -0.2) is 75.1 Å². The Hall–Kier alpha value is -5.02. The number of nitriles is 1. The standard InChI is InChI=1S/C13H13NO5.C11H5Cl4N3O4.C8H6Cl2O3/c15-11-7-6-10(12(16)17)14(11)13(18)19-8-9-4-2-1-3-5-9;12-6-4(10(20)18-17-3(19)1-2-16)5(11(21)22)7(13)9(15)8(6)14;1-13-7-3-5(9)4(8(11)12)2-6(7)10/h1-5,10H,6-8H2,(H,16,17);1H2,(H,17,19)(H,18,20)(H,21,22);2-3H,1H3,(H,11,12)/t10-;;/m1../s1. The summed E-state index contributed by atoms with van der Waals surface area (Å²) in [6.45, 7) is 0.00971. The van der Waals surface area contributed by atoms with Gasteiger partial charge in [0.25, 0.3) is 11.8 Å². The number of carbonyl (C=O) groups excluding carboxylic acids is 4. The molecule has 0 unspecified atom stereocenters. The minimum atomic E-state index is -1.57. The van der Waals surface area contributed by atoms with Crippen molar-refractivity contribution < 1.29 is 58.4 Å². The average Bonchev–Trinajstić information content (AvgIpc) is 3.53. The number of hydrogen-bond donors (Lipinski definition) is 5. The van der Waals surface area contributed by atoms with Gasteiger partial charge in [0.2, 0.25) is 5.91 Å². The van der Waals surface area contributed by atoms with E-state index in [1.54, 1.807) is 30.3 Å². The zero-order valence-electron chi connectivity index (χ0n) is 27.1. The first-order valence-electron chi connectivity index (χ1n) is 14.4. The topological polar surface area (TPSA) is 250 Å². The Morgan fingerprint density at radius 3 is 1.96 bits per heavy atom. The molecule has 0 saturated carbocycles. The third-order valence-corrected chi connectivity index (χ3v) is 9.04. The van der Waals surface area contributed by atoms with E-state index in [1.807, 2.05) is 16.9 Å². The fourth-order valence-electron chi connectivity index (χ4n) is 4.13. The van der Waals surface area contributed by atoms with Crippen molar-refractivity contribution in [2.45, 2.75) is 31.9 Å². The molecule has 16 nitrogen and oxygen atoms in total. The Bertz CT molecular complexity index is 2010. The highest BCUT2D eigenvalue weighted by Crippen LogP contribution is 2.41. The van der Waals surface area contributed by atoms with E-state index < -0.39 is 75.4 Å². The molecule has 0 aliphatic carbocycles. The van der Waals surface area contributed by atoms with Crippen molar-refractivity contribution in [3.63, 3.8) is 0 Å². The molecule has 1 heterocycles.